The third-order valence-electron chi connectivity index (χ3n) is 8.46. The molecule has 3 aromatic heterocycles. The summed E-state index contributed by atoms with van der Waals surface area (Å²) in [6, 6.07) is 5.89. The Labute approximate surface area is 238 Å². The van der Waals surface area contributed by atoms with Crippen LogP contribution in [-0.2, 0) is 17.8 Å². The molecule has 4 heterocycles. The van der Waals surface area contributed by atoms with E-state index in [1.54, 1.807) is 6.20 Å². The van der Waals surface area contributed by atoms with Gasteiger partial charge >= 0.3 is 0 Å². The number of carbonyl (C=O) groups excluding carboxylic acids is 1. The van der Waals surface area contributed by atoms with E-state index in [1.807, 2.05) is 13.1 Å². The summed E-state index contributed by atoms with van der Waals surface area (Å²) in [5.41, 5.74) is 2.53. The number of alkyl halides is 2. The highest BCUT2D eigenvalue weighted by atomic mass is 19.3. The number of carbonyl (C=O) groups is 1. The number of halogens is 3. The molecule has 0 bridgehead atoms. The van der Waals surface area contributed by atoms with Gasteiger partial charge in [-0.05, 0) is 49.9 Å². The maximum Gasteiger partial charge on any atom is 0.296 e. The molecule has 2 aliphatic rings. The Morgan fingerprint density at radius 2 is 2.02 bits per heavy atom. The van der Waals surface area contributed by atoms with E-state index in [9.17, 15) is 27.9 Å². The molecular weight excluding hydrogens is 553 g/mol. The van der Waals surface area contributed by atoms with Crippen LogP contribution < -0.4 is 10.9 Å². The van der Waals surface area contributed by atoms with Gasteiger partial charge in [0.1, 0.15) is 12.4 Å². The van der Waals surface area contributed by atoms with Crippen molar-refractivity contribution in [3.8, 4) is 11.3 Å². The van der Waals surface area contributed by atoms with Crippen molar-refractivity contribution in [2.24, 2.45) is 0 Å². The number of nitrogens with zero attached hydrogens (tertiary/aromatic N) is 7. The molecule has 1 fully saturated rings. The minimum atomic E-state index is -2.92. The van der Waals surface area contributed by atoms with Gasteiger partial charge in [-0.1, -0.05) is 12.1 Å². The number of aliphatic hydroxyl groups is 1. The first-order valence-corrected chi connectivity index (χ1v) is 13.9. The van der Waals surface area contributed by atoms with Crippen LogP contribution in [0.1, 0.15) is 48.9 Å². The fourth-order valence-corrected chi connectivity index (χ4v) is 6.04. The predicted octanol–water partition coefficient (Wildman–Crippen LogP) is 2.35. The quantitative estimate of drug-likeness (QED) is 0.326. The molecule has 6 rings (SSSR count). The van der Waals surface area contributed by atoms with Gasteiger partial charge in [-0.25, -0.2) is 18.3 Å². The fourth-order valence-electron chi connectivity index (χ4n) is 6.04. The standard InChI is InChI=1S/C28H31F3N8O3/c1-32-20-5-3-17-12-18(2-4-19(17)20)22-14-33-26-27(41)37(16-34-39(22)26)15-28(42)7-10-36(11-8-28)24(40)13-21(25(30)31)38-9-6-23(29)35-38/h2,4,6,9,12,14,16,20-21,25,32,42H,3,5,7-8,10-11,13,15H2,1H3. The summed E-state index contributed by atoms with van der Waals surface area (Å²) in [6.07, 6.45) is 2.85. The molecule has 4 aromatic rings. The number of aryl methyl sites for hydroxylation is 1. The van der Waals surface area contributed by atoms with Crippen LogP contribution in [0.25, 0.3) is 16.9 Å². The average Bonchev–Trinajstić information content (AvgIpc) is 3.71. The first-order chi connectivity index (χ1) is 20.2. The van der Waals surface area contributed by atoms with Gasteiger partial charge in [-0.15, -0.1) is 5.10 Å². The molecule has 1 aromatic carbocycles. The summed E-state index contributed by atoms with van der Waals surface area (Å²) >= 11 is 0. The van der Waals surface area contributed by atoms with Crippen LogP contribution >= 0.6 is 0 Å². The number of fused-ring (bicyclic) bond motifs is 2. The molecule has 222 valence electrons. The predicted molar refractivity (Wildman–Crippen MR) is 145 cm³/mol. The van der Waals surface area contributed by atoms with E-state index in [4.69, 9.17) is 0 Å². The van der Waals surface area contributed by atoms with E-state index in [2.05, 4.69) is 32.6 Å². The SMILES string of the molecule is CNC1CCc2cc(-c3cnc4c(=O)n(CC5(O)CCN(C(=O)CC(C(F)F)n6ccc(F)n6)CC5)cnn34)ccc21. The molecule has 11 nitrogen and oxygen atoms in total. The second-order valence-electron chi connectivity index (χ2n) is 11.1. The highest BCUT2D eigenvalue weighted by Gasteiger charge is 2.36. The molecule has 42 heavy (non-hydrogen) atoms. The number of likely N-dealkylation sites (tertiary alicyclic amines) is 1. The van der Waals surface area contributed by atoms with Crippen LogP contribution in [0.5, 0.6) is 0 Å². The zero-order valence-corrected chi connectivity index (χ0v) is 23.0. The number of rotatable bonds is 8. The fraction of sp³-hybridized carbons (Fsp3) is 0.464. The monoisotopic (exact) mass is 584 g/mol. The Kier molecular flexibility index (Phi) is 7.35. The third-order valence-corrected chi connectivity index (χ3v) is 8.46. The van der Waals surface area contributed by atoms with Crippen molar-refractivity contribution in [1.82, 2.24) is 39.2 Å². The molecular formula is C28H31F3N8O3. The van der Waals surface area contributed by atoms with E-state index in [-0.39, 0.29) is 38.1 Å². The first-order valence-electron chi connectivity index (χ1n) is 13.9. The van der Waals surface area contributed by atoms with E-state index in [0.717, 1.165) is 35.4 Å². The first kappa shape index (κ1) is 28.1. The zero-order chi connectivity index (χ0) is 29.6. The van der Waals surface area contributed by atoms with Crippen LogP contribution in [0.4, 0.5) is 13.2 Å². The van der Waals surface area contributed by atoms with Crippen molar-refractivity contribution in [2.45, 2.75) is 62.8 Å². The van der Waals surface area contributed by atoms with E-state index in [0.29, 0.717) is 11.7 Å². The van der Waals surface area contributed by atoms with Crippen molar-refractivity contribution in [3.63, 3.8) is 0 Å². The Morgan fingerprint density at radius 3 is 2.71 bits per heavy atom. The second-order valence-corrected chi connectivity index (χ2v) is 11.1. The lowest BCUT2D eigenvalue weighted by Crippen LogP contribution is -2.50. The molecule has 2 N–H and O–H groups in total. The third kappa shape index (κ3) is 5.20. The Balaban J connectivity index is 1.13. The van der Waals surface area contributed by atoms with E-state index < -0.39 is 41.9 Å². The van der Waals surface area contributed by atoms with Crippen molar-refractivity contribution < 1.29 is 23.1 Å². The molecule has 0 radical (unpaired) electrons. The summed E-state index contributed by atoms with van der Waals surface area (Å²) < 4.78 is 43.9. The van der Waals surface area contributed by atoms with Crippen LogP contribution in [0, 0.1) is 5.95 Å². The van der Waals surface area contributed by atoms with Crippen molar-refractivity contribution in [2.75, 3.05) is 20.1 Å². The van der Waals surface area contributed by atoms with Crippen molar-refractivity contribution in [3.05, 3.63) is 70.4 Å². The number of nitrogens with one attached hydrogen (secondary N) is 1. The van der Waals surface area contributed by atoms with Crippen LogP contribution in [0.15, 0.2) is 47.8 Å². The molecule has 2 atom stereocenters. The van der Waals surface area contributed by atoms with Crippen molar-refractivity contribution in [1.29, 1.82) is 0 Å². The van der Waals surface area contributed by atoms with Gasteiger partial charge in [-0.2, -0.15) is 9.49 Å². The number of piperidine rings is 1. The smallest absolute Gasteiger partial charge is 0.296 e. The largest absolute Gasteiger partial charge is 0.388 e. The normalized spacial score (nSPS) is 19.0. The second kappa shape index (κ2) is 11.0. The van der Waals surface area contributed by atoms with Crippen LogP contribution in [-0.4, -0.2) is 77.0 Å². The van der Waals surface area contributed by atoms with Gasteiger partial charge in [0, 0.05) is 37.0 Å². The topological polar surface area (TPSA) is 123 Å². The lowest BCUT2D eigenvalue weighted by atomic mass is 9.91. The zero-order valence-electron chi connectivity index (χ0n) is 23.0. The summed E-state index contributed by atoms with van der Waals surface area (Å²) in [6.45, 7) is 0.170. The number of aromatic nitrogens is 6. The average molecular weight is 585 g/mol. The molecule has 2 unspecified atom stereocenters. The van der Waals surface area contributed by atoms with E-state index in [1.165, 1.54) is 31.4 Å². The Bertz CT molecular complexity index is 1670. The van der Waals surface area contributed by atoms with Gasteiger partial charge < -0.3 is 15.3 Å². The van der Waals surface area contributed by atoms with Gasteiger partial charge in [0.2, 0.25) is 17.5 Å². The summed E-state index contributed by atoms with van der Waals surface area (Å²) in [7, 11) is 1.95. The number of hydrogen-bond donors (Lipinski definition) is 2. The number of imidazole rings is 1. The molecule has 0 saturated carbocycles. The molecule has 0 spiro atoms. The minimum Gasteiger partial charge on any atom is -0.388 e. The maximum absolute atomic E-state index is 13.6. The van der Waals surface area contributed by atoms with E-state index >= 15 is 0 Å². The summed E-state index contributed by atoms with van der Waals surface area (Å²) in [4.78, 5) is 31.8. The van der Waals surface area contributed by atoms with Crippen LogP contribution in [0.2, 0.25) is 0 Å². The molecule has 1 amide bonds. The number of amides is 1. The molecule has 14 heteroatoms. The summed E-state index contributed by atoms with van der Waals surface area (Å²) in [5.74, 6) is -1.45. The Hall–Kier alpha value is -4.04. The number of benzene rings is 1. The summed E-state index contributed by atoms with van der Waals surface area (Å²) in [5, 5.41) is 22.4. The van der Waals surface area contributed by atoms with Gasteiger partial charge in [-0.3, -0.25) is 18.8 Å². The van der Waals surface area contributed by atoms with Gasteiger partial charge in [0.25, 0.3) is 12.0 Å². The number of hydrogen-bond acceptors (Lipinski definition) is 7. The maximum atomic E-state index is 13.6. The van der Waals surface area contributed by atoms with Gasteiger partial charge in [0.05, 0.1) is 30.5 Å². The van der Waals surface area contributed by atoms with Crippen molar-refractivity contribution >= 4 is 11.6 Å². The lowest BCUT2D eigenvalue weighted by Gasteiger charge is -2.38. The molecule has 1 aliphatic heterocycles. The lowest BCUT2D eigenvalue weighted by molar-refractivity contribution is -0.138. The molecule has 1 aliphatic carbocycles. The van der Waals surface area contributed by atoms with Gasteiger partial charge in [0.15, 0.2) is 0 Å². The Morgan fingerprint density at radius 1 is 1.24 bits per heavy atom. The highest BCUT2D eigenvalue weighted by Crippen LogP contribution is 2.34. The van der Waals surface area contributed by atoms with Crippen LogP contribution in [0.3, 0.4) is 0 Å². The minimum absolute atomic E-state index is 0.0595. The molecule has 1 saturated heterocycles. The highest BCUT2D eigenvalue weighted by molar-refractivity contribution is 5.76.